The van der Waals surface area contributed by atoms with E-state index in [0.29, 0.717) is 6.54 Å². The van der Waals surface area contributed by atoms with Gasteiger partial charge in [-0.25, -0.2) is 9.79 Å². The summed E-state index contributed by atoms with van der Waals surface area (Å²) in [5.41, 5.74) is 6.65. The van der Waals surface area contributed by atoms with Gasteiger partial charge in [0.15, 0.2) is 12.2 Å². The molecule has 2 atom stereocenters. The maximum absolute atomic E-state index is 13.6. The SMILES string of the molecule is Cc1ccc(C)c(CN2C(=O)C3C(N=C4N(c5cc(C)ccc5C)CCN43)N(C)C2=O)c1. The van der Waals surface area contributed by atoms with E-state index in [2.05, 4.69) is 47.9 Å². The first kappa shape index (κ1) is 20.5. The Morgan fingerprint density at radius 2 is 1.62 bits per heavy atom. The molecule has 166 valence electrons. The number of amides is 3. The lowest BCUT2D eigenvalue weighted by Gasteiger charge is -2.40. The molecule has 7 heteroatoms. The lowest BCUT2D eigenvalue weighted by molar-refractivity contribution is -0.137. The fourth-order valence-corrected chi connectivity index (χ4v) is 4.96. The minimum atomic E-state index is -0.493. The molecule has 3 amide bonds. The minimum Gasteiger partial charge on any atom is -0.325 e. The molecule has 2 saturated heterocycles. The Balaban J connectivity index is 1.46. The maximum Gasteiger partial charge on any atom is 0.328 e. The van der Waals surface area contributed by atoms with E-state index in [1.54, 1.807) is 11.9 Å². The second-order valence-electron chi connectivity index (χ2n) is 9.17. The molecule has 0 N–H and O–H groups in total. The molecule has 3 heterocycles. The number of imide groups is 1. The third kappa shape index (κ3) is 3.06. The van der Waals surface area contributed by atoms with Gasteiger partial charge in [0.25, 0.3) is 5.91 Å². The summed E-state index contributed by atoms with van der Waals surface area (Å²) in [4.78, 5) is 38.9. The number of fused-ring (bicyclic) bond motifs is 3. The number of rotatable bonds is 3. The first-order chi connectivity index (χ1) is 15.3. The number of hydrogen-bond acceptors (Lipinski definition) is 5. The molecule has 2 aromatic rings. The van der Waals surface area contributed by atoms with Gasteiger partial charge in [-0.1, -0.05) is 35.9 Å². The smallest absolute Gasteiger partial charge is 0.325 e. The molecule has 0 aliphatic carbocycles. The van der Waals surface area contributed by atoms with Gasteiger partial charge in [0, 0.05) is 25.8 Å². The Hall–Kier alpha value is -3.35. The third-order valence-corrected chi connectivity index (χ3v) is 6.87. The highest BCUT2D eigenvalue weighted by Gasteiger charge is 2.54. The van der Waals surface area contributed by atoms with E-state index < -0.39 is 12.2 Å². The van der Waals surface area contributed by atoms with E-state index in [4.69, 9.17) is 4.99 Å². The topological polar surface area (TPSA) is 59.5 Å². The number of anilines is 1. The van der Waals surface area contributed by atoms with Crippen molar-refractivity contribution in [2.45, 2.75) is 46.4 Å². The lowest BCUT2D eigenvalue weighted by Crippen LogP contribution is -2.64. The number of aliphatic imine (C=N–C) groups is 1. The van der Waals surface area contributed by atoms with Crippen molar-refractivity contribution >= 4 is 23.6 Å². The van der Waals surface area contributed by atoms with Gasteiger partial charge in [-0.3, -0.25) is 9.69 Å². The number of likely N-dealkylation sites (N-methyl/N-ethyl adjacent to an activating group) is 1. The molecule has 0 saturated carbocycles. The van der Waals surface area contributed by atoms with Crippen molar-refractivity contribution < 1.29 is 9.59 Å². The summed E-state index contributed by atoms with van der Waals surface area (Å²) in [5, 5.41) is 0. The molecule has 3 aliphatic heterocycles. The van der Waals surface area contributed by atoms with E-state index in [0.717, 1.165) is 34.9 Å². The van der Waals surface area contributed by atoms with Crippen LogP contribution in [-0.2, 0) is 11.3 Å². The molecule has 0 bridgehead atoms. The number of benzene rings is 2. The van der Waals surface area contributed by atoms with E-state index in [1.165, 1.54) is 16.0 Å². The second-order valence-corrected chi connectivity index (χ2v) is 9.17. The van der Waals surface area contributed by atoms with Gasteiger partial charge in [-0.15, -0.1) is 0 Å². The van der Waals surface area contributed by atoms with E-state index in [-0.39, 0.29) is 18.5 Å². The quantitative estimate of drug-likeness (QED) is 0.749. The molecule has 5 rings (SSSR count). The summed E-state index contributed by atoms with van der Waals surface area (Å²) in [6.45, 7) is 9.96. The third-order valence-electron chi connectivity index (χ3n) is 6.87. The Kier molecular flexibility index (Phi) is 4.73. The molecule has 2 aromatic carbocycles. The summed E-state index contributed by atoms with van der Waals surface area (Å²) >= 11 is 0. The molecule has 2 fully saturated rings. The molecule has 2 unspecified atom stereocenters. The van der Waals surface area contributed by atoms with Crippen LogP contribution in [0, 0.1) is 27.7 Å². The van der Waals surface area contributed by atoms with Crippen molar-refractivity contribution in [3.8, 4) is 0 Å². The molecule has 0 spiro atoms. The zero-order valence-corrected chi connectivity index (χ0v) is 19.3. The van der Waals surface area contributed by atoms with Crippen molar-refractivity contribution in [2.75, 3.05) is 25.0 Å². The Bertz CT molecular complexity index is 1160. The number of carbonyl (C=O) groups is 2. The van der Waals surface area contributed by atoms with Gasteiger partial charge in [-0.05, 0) is 56.0 Å². The highest BCUT2D eigenvalue weighted by Crippen LogP contribution is 2.35. The van der Waals surface area contributed by atoms with Crippen molar-refractivity contribution in [1.82, 2.24) is 14.7 Å². The van der Waals surface area contributed by atoms with Gasteiger partial charge >= 0.3 is 6.03 Å². The molecule has 32 heavy (non-hydrogen) atoms. The monoisotopic (exact) mass is 431 g/mol. The second kappa shape index (κ2) is 7.36. The van der Waals surface area contributed by atoms with Crippen LogP contribution in [0.5, 0.6) is 0 Å². The number of hydrogen-bond donors (Lipinski definition) is 0. The van der Waals surface area contributed by atoms with E-state index in [9.17, 15) is 9.59 Å². The maximum atomic E-state index is 13.6. The zero-order valence-electron chi connectivity index (χ0n) is 19.3. The number of nitrogens with zero attached hydrogens (tertiary/aromatic N) is 5. The van der Waals surface area contributed by atoms with Crippen LogP contribution in [0.3, 0.4) is 0 Å². The Morgan fingerprint density at radius 3 is 2.38 bits per heavy atom. The molecule has 7 nitrogen and oxygen atoms in total. The molecular formula is C25H29N5O2. The van der Waals surface area contributed by atoms with Gasteiger partial charge < -0.3 is 14.7 Å². The van der Waals surface area contributed by atoms with Gasteiger partial charge in [0.05, 0.1) is 6.54 Å². The van der Waals surface area contributed by atoms with Crippen LogP contribution in [0.25, 0.3) is 0 Å². The minimum absolute atomic E-state index is 0.166. The molecule has 0 radical (unpaired) electrons. The number of urea groups is 1. The summed E-state index contributed by atoms with van der Waals surface area (Å²) < 4.78 is 0. The Morgan fingerprint density at radius 1 is 0.938 bits per heavy atom. The van der Waals surface area contributed by atoms with E-state index >= 15 is 0 Å². The van der Waals surface area contributed by atoms with Crippen molar-refractivity contribution in [1.29, 1.82) is 0 Å². The number of aryl methyl sites for hydroxylation is 4. The summed E-state index contributed by atoms with van der Waals surface area (Å²) in [7, 11) is 1.75. The first-order valence-corrected chi connectivity index (χ1v) is 11.1. The van der Waals surface area contributed by atoms with Gasteiger partial charge in [0.1, 0.15) is 0 Å². The van der Waals surface area contributed by atoms with Crippen LogP contribution in [-0.4, -0.2) is 64.9 Å². The fourth-order valence-electron chi connectivity index (χ4n) is 4.96. The highest BCUT2D eigenvalue weighted by atomic mass is 16.2. The van der Waals surface area contributed by atoms with Crippen LogP contribution in [0.1, 0.15) is 27.8 Å². The molecule has 0 aromatic heterocycles. The van der Waals surface area contributed by atoms with Crippen LogP contribution in [0.4, 0.5) is 10.5 Å². The normalized spacial score (nSPS) is 22.5. The average Bonchev–Trinajstić information content (AvgIpc) is 3.33. The predicted molar refractivity (Wildman–Crippen MR) is 125 cm³/mol. The van der Waals surface area contributed by atoms with Crippen LogP contribution < -0.4 is 4.90 Å². The van der Waals surface area contributed by atoms with E-state index in [1.807, 2.05) is 26.0 Å². The van der Waals surface area contributed by atoms with Crippen LogP contribution >= 0.6 is 0 Å². The Labute approximate surface area is 188 Å². The number of guanidine groups is 1. The lowest BCUT2D eigenvalue weighted by atomic mass is 10.0. The van der Waals surface area contributed by atoms with Crippen LogP contribution in [0.2, 0.25) is 0 Å². The van der Waals surface area contributed by atoms with Crippen molar-refractivity contribution in [3.63, 3.8) is 0 Å². The standard InChI is InChI=1S/C25H29N5O2/c1-15-6-8-17(3)19(12-15)14-30-23(31)21-22(27(5)25(30)32)26-24-28(10-11-29(21)24)20-13-16(2)7-9-18(20)4/h6-9,12-13,21-22H,10-11,14H2,1-5H3. The zero-order chi connectivity index (χ0) is 22.7. The average molecular weight is 432 g/mol. The molecule has 3 aliphatic rings. The van der Waals surface area contributed by atoms with Crippen molar-refractivity contribution in [2.24, 2.45) is 4.99 Å². The van der Waals surface area contributed by atoms with Crippen LogP contribution in [0.15, 0.2) is 41.4 Å². The summed E-state index contributed by atoms with van der Waals surface area (Å²) in [6.07, 6.45) is -0.493. The van der Waals surface area contributed by atoms with Gasteiger partial charge in [0.2, 0.25) is 5.96 Å². The predicted octanol–water partition coefficient (Wildman–Crippen LogP) is 3.20. The largest absolute Gasteiger partial charge is 0.328 e. The number of carbonyl (C=O) groups excluding carboxylic acids is 2. The fraction of sp³-hybridized carbons (Fsp3) is 0.400. The molecular weight excluding hydrogens is 402 g/mol. The summed E-state index contributed by atoms with van der Waals surface area (Å²) in [5.74, 6) is 0.621. The van der Waals surface area contributed by atoms with Gasteiger partial charge in [-0.2, -0.15) is 0 Å². The highest BCUT2D eigenvalue weighted by molar-refractivity contribution is 6.08. The summed E-state index contributed by atoms with van der Waals surface area (Å²) in [6, 6.07) is 11.7. The van der Waals surface area contributed by atoms with Crippen molar-refractivity contribution in [3.05, 3.63) is 64.2 Å². The first-order valence-electron chi connectivity index (χ1n) is 11.1.